The molecular weight excluding hydrogens is 255 g/mol. The van der Waals surface area contributed by atoms with Gasteiger partial charge in [0.15, 0.2) is 0 Å². The van der Waals surface area contributed by atoms with Gasteiger partial charge in [-0.15, -0.1) is 0 Å². The first-order valence-electron chi connectivity index (χ1n) is 2.54. The number of esters is 2. The van der Waals surface area contributed by atoms with Crippen LogP contribution in [0.4, 0.5) is 0 Å². The molecule has 0 fully saturated rings. The van der Waals surface area contributed by atoms with Crippen LogP contribution in [0.5, 0.6) is 0 Å². The second-order valence-electron chi connectivity index (χ2n) is 1.38. The third-order valence-corrected chi connectivity index (χ3v) is 0.758. The summed E-state index contributed by atoms with van der Waals surface area (Å²) in [4.78, 5) is 20.6. The Labute approximate surface area is 81.5 Å². The average molecular weight is 263 g/mol. The van der Waals surface area contributed by atoms with E-state index in [0.717, 1.165) is 12.2 Å². The van der Waals surface area contributed by atoms with Crippen molar-refractivity contribution >= 4 is 35.8 Å². The second-order valence-corrected chi connectivity index (χ2v) is 1.38. The summed E-state index contributed by atoms with van der Waals surface area (Å²) in [5, 5.41) is 0. The van der Waals surface area contributed by atoms with Crippen LogP contribution in [0.1, 0.15) is 0 Å². The molecule has 0 rings (SSSR count). The molecule has 0 saturated carbocycles. The van der Waals surface area contributed by atoms with Crippen LogP contribution in [-0.4, -0.2) is 50.1 Å². The Bertz CT molecular complexity index is 146. The van der Waals surface area contributed by atoms with Gasteiger partial charge in [0, 0.05) is 36.1 Å². The van der Waals surface area contributed by atoms with Gasteiger partial charge in [-0.25, -0.2) is 9.59 Å². The van der Waals surface area contributed by atoms with E-state index in [2.05, 4.69) is 9.47 Å². The molecule has 0 aliphatic carbocycles. The van der Waals surface area contributed by atoms with Gasteiger partial charge in [0.1, 0.15) is 0 Å². The second kappa shape index (κ2) is 7.58. The zero-order valence-corrected chi connectivity index (χ0v) is 9.14. The van der Waals surface area contributed by atoms with Gasteiger partial charge in [-0.2, -0.15) is 0 Å². The summed E-state index contributed by atoms with van der Waals surface area (Å²) in [5.41, 5.74) is 0. The van der Waals surface area contributed by atoms with Crippen molar-refractivity contribution in [2.24, 2.45) is 0 Å². The first-order chi connectivity index (χ1) is 4.70. The van der Waals surface area contributed by atoms with Crippen molar-refractivity contribution in [3.63, 3.8) is 0 Å². The molecule has 0 aromatic rings. The van der Waals surface area contributed by atoms with Crippen LogP contribution in [0.3, 0.4) is 0 Å². The summed E-state index contributed by atoms with van der Waals surface area (Å²) in [6.07, 6.45) is 1.98. The summed E-state index contributed by atoms with van der Waals surface area (Å²) in [7, 11) is 2.45. The van der Waals surface area contributed by atoms with Crippen LogP contribution >= 0.6 is 0 Å². The maximum Gasteiger partial charge on any atom is 0.330 e. The summed E-state index contributed by atoms with van der Waals surface area (Å²) in [6.45, 7) is 0. The van der Waals surface area contributed by atoms with Gasteiger partial charge >= 0.3 is 11.9 Å². The van der Waals surface area contributed by atoms with Gasteiger partial charge in [-0.1, -0.05) is 0 Å². The maximum atomic E-state index is 10.3. The number of carbonyl (C=O) groups excluding carboxylic acids is 2. The van der Waals surface area contributed by atoms with Crippen molar-refractivity contribution in [1.29, 1.82) is 0 Å². The molecule has 5 heteroatoms. The Morgan fingerprint density at radius 2 is 1.27 bits per heavy atom. The standard InChI is InChI=1S/C6H8O4.Sn/c1-9-5(7)3-4-6(8)10-2;/h3-4H,1-2H3;/b4-3-;. The monoisotopic (exact) mass is 264 g/mol. The minimum absolute atomic E-state index is 0. The third kappa shape index (κ3) is 7.37. The Balaban J connectivity index is 0. The molecule has 11 heavy (non-hydrogen) atoms. The first-order valence-corrected chi connectivity index (χ1v) is 2.54. The molecule has 4 radical (unpaired) electrons. The van der Waals surface area contributed by atoms with E-state index < -0.39 is 11.9 Å². The number of hydrogen-bond acceptors (Lipinski definition) is 4. The predicted octanol–water partition coefficient (Wildman–Crippen LogP) is -0.492. The van der Waals surface area contributed by atoms with Crippen LogP contribution in [0.2, 0.25) is 0 Å². The fourth-order valence-electron chi connectivity index (χ4n) is 0.272. The van der Waals surface area contributed by atoms with E-state index in [1.165, 1.54) is 14.2 Å². The Morgan fingerprint density at radius 1 is 1.00 bits per heavy atom. The zero-order valence-electron chi connectivity index (χ0n) is 6.29. The molecule has 0 atom stereocenters. The summed E-state index contributed by atoms with van der Waals surface area (Å²) < 4.78 is 8.42. The molecule has 0 saturated heterocycles. The van der Waals surface area contributed by atoms with Crippen molar-refractivity contribution in [3.8, 4) is 0 Å². The minimum atomic E-state index is -0.578. The molecule has 0 aliphatic rings. The van der Waals surface area contributed by atoms with Crippen molar-refractivity contribution in [2.75, 3.05) is 14.2 Å². The van der Waals surface area contributed by atoms with E-state index in [1.807, 2.05) is 0 Å². The molecule has 0 spiro atoms. The summed E-state index contributed by atoms with van der Waals surface area (Å²) in [6, 6.07) is 0. The van der Waals surface area contributed by atoms with E-state index >= 15 is 0 Å². The topological polar surface area (TPSA) is 52.6 Å². The SMILES string of the molecule is COC(=O)/C=C\C(=O)OC.[Sn]. The Kier molecular flexibility index (Phi) is 9.03. The van der Waals surface area contributed by atoms with E-state index in [9.17, 15) is 9.59 Å². The summed E-state index contributed by atoms with van der Waals surface area (Å²) >= 11 is 0. The number of hydrogen-bond donors (Lipinski definition) is 0. The first kappa shape index (κ1) is 13.1. The van der Waals surface area contributed by atoms with Crippen molar-refractivity contribution in [2.45, 2.75) is 0 Å². The fourth-order valence-corrected chi connectivity index (χ4v) is 0.272. The smallest absolute Gasteiger partial charge is 0.330 e. The zero-order chi connectivity index (χ0) is 7.98. The molecule has 0 bridgehead atoms. The van der Waals surface area contributed by atoms with Crippen LogP contribution in [-0.2, 0) is 19.1 Å². The third-order valence-electron chi connectivity index (χ3n) is 0.758. The maximum absolute atomic E-state index is 10.3. The van der Waals surface area contributed by atoms with E-state index in [-0.39, 0.29) is 23.9 Å². The normalized spacial score (nSPS) is 8.55. The Morgan fingerprint density at radius 3 is 1.45 bits per heavy atom. The van der Waals surface area contributed by atoms with Crippen LogP contribution in [0.25, 0.3) is 0 Å². The molecule has 0 aromatic carbocycles. The van der Waals surface area contributed by atoms with Crippen molar-refractivity contribution < 1.29 is 19.1 Å². The number of ether oxygens (including phenoxy) is 2. The molecule has 0 heterocycles. The van der Waals surface area contributed by atoms with Crippen LogP contribution < -0.4 is 0 Å². The molecule has 4 nitrogen and oxygen atoms in total. The molecular formula is C6H8O4Sn. The molecule has 0 aromatic heterocycles. The molecule has 0 aliphatic heterocycles. The van der Waals surface area contributed by atoms with E-state index in [0.29, 0.717) is 0 Å². The number of methoxy groups -OCH3 is 2. The van der Waals surface area contributed by atoms with Crippen LogP contribution in [0.15, 0.2) is 12.2 Å². The van der Waals surface area contributed by atoms with E-state index in [4.69, 9.17) is 0 Å². The molecule has 0 N–H and O–H groups in total. The van der Waals surface area contributed by atoms with E-state index in [1.54, 1.807) is 0 Å². The van der Waals surface area contributed by atoms with Gasteiger partial charge in [0.2, 0.25) is 0 Å². The largest absolute Gasteiger partial charge is 0.466 e. The average Bonchev–Trinajstić information content (AvgIpc) is 1.99. The van der Waals surface area contributed by atoms with Gasteiger partial charge in [0.05, 0.1) is 14.2 Å². The molecule has 60 valence electrons. The predicted molar refractivity (Wildman–Crippen MR) is 38.9 cm³/mol. The molecule has 0 amide bonds. The van der Waals surface area contributed by atoms with Crippen LogP contribution in [0, 0.1) is 0 Å². The minimum Gasteiger partial charge on any atom is -0.466 e. The van der Waals surface area contributed by atoms with Gasteiger partial charge in [0.25, 0.3) is 0 Å². The number of carbonyl (C=O) groups is 2. The number of rotatable bonds is 2. The van der Waals surface area contributed by atoms with Gasteiger partial charge < -0.3 is 9.47 Å². The van der Waals surface area contributed by atoms with Gasteiger partial charge in [-0.05, 0) is 0 Å². The quantitative estimate of drug-likeness (QED) is 0.383. The van der Waals surface area contributed by atoms with Crippen molar-refractivity contribution in [1.82, 2.24) is 0 Å². The van der Waals surface area contributed by atoms with Crippen molar-refractivity contribution in [3.05, 3.63) is 12.2 Å². The summed E-state index contributed by atoms with van der Waals surface area (Å²) in [5.74, 6) is -1.16. The fraction of sp³-hybridized carbons (Fsp3) is 0.333. The molecule has 0 unspecified atom stereocenters. The Hall–Kier alpha value is -0.521. The van der Waals surface area contributed by atoms with Gasteiger partial charge in [-0.3, -0.25) is 0 Å².